The summed E-state index contributed by atoms with van der Waals surface area (Å²) in [6.07, 6.45) is 3.71. The van der Waals surface area contributed by atoms with Crippen LogP contribution in [0.4, 0.5) is 5.69 Å². The van der Waals surface area contributed by atoms with Crippen LogP contribution in [0.15, 0.2) is 47.3 Å². The van der Waals surface area contributed by atoms with Crippen molar-refractivity contribution in [1.29, 1.82) is 0 Å². The molecule has 158 valence electrons. The van der Waals surface area contributed by atoms with Crippen molar-refractivity contribution in [3.05, 3.63) is 64.1 Å². The van der Waals surface area contributed by atoms with Crippen LogP contribution in [-0.4, -0.2) is 49.7 Å². The van der Waals surface area contributed by atoms with Crippen molar-refractivity contribution in [2.75, 3.05) is 38.5 Å². The summed E-state index contributed by atoms with van der Waals surface area (Å²) >= 11 is 0. The summed E-state index contributed by atoms with van der Waals surface area (Å²) in [5.74, 6) is 0.771. The monoisotopic (exact) mass is 408 g/mol. The summed E-state index contributed by atoms with van der Waals surface area (Å²) in [7, 11) is 2.29. The zero-order valence-corrected chi connectivity index (χ0v) is 17.7. The summed E-state index contributed by atoms with van der Waals surface area (Å²) < 4.78 is 1.94. The number of nitrogens with zero attached hydrogens (tertiary/aromatic N) is 1. The molecular formula is C24H32N4O2+2. The van der Waals surface area contributed by atoms with E-state index in [-0.39, 0.29) is 11.5 Å². The Morgan fingerprint density at radius 2 is 1.83 bits per heavy atom. The fraction of sp³-hybridized carbons (Fsp3) is 0.500. The number of anilines is 1. The molecule has 0 spiro atoms. The lowest BCUT2D eigenvalue weighted by atomic mass is 9.81. The number of likely N-dealkylation sites (tertiary alicyclic amines) is 2. The zero-order valence-electron chi connectivity index (χ0n) is 17.7. The normalized spacial score (nSPS) is 30.4. The number of hydrogen-bond donors (Lipinski definition) is 3. The molecule has 1 unspecified atom stereocenters. The number of carbonyl (C=O) groups excluding carboxylic acids is 1. The van der Waals surface area contributed by atoms with Crippen molar-refractivity contribution in [2.45, 2.75) is 37.8 Å². The Morgan fingerprint density at radius 3 is 2.60 bits per heavy atom. The second-order valence-electron chi connectivity index (χ2n) is 9.50. The van der Waals surface area contributed by atoms with Gasteiger partial charge in [-0.05, 0) is 24.6 Å². The molecule has 1 aromatic heterocycles. The minimum Gasteiger partial charge on any atom is -0.337 e. The van der Waals surface area contributed by atoms with E-state index in [2.05, 4.69) is 12.4 Å². The van der Waals surface area contributed by atoms with Crippen LogP contribution in [-0.2, 0) is 6.54 Å². The first-order chi connectivity index (χ1) is 14.6. The molecule has 2 saturated heterocycles. The van der Waals surface area contributed by atoms with Crippen LogP contribution in [0, 0.1) is 5.92 Å². The summed E-state index contributed by atoms with van der Waals surface area (Å²) in [5, 5.41) is 3.11. The molecule has 0 saturated carbocycles. The molecule has 0 aliphatic carbocycles. The van der Waals surface area contributed by atoms with E-state index in [1.165, 1.54) is 32.5 Å². The van der Waals surface area contributed by atoms with Gasteiger partial charge in [0.1, 0.15) is 0 Å². The predicted octanol–water partition coefficient (Wildman–Crippen LogP) is -0.220. The highest BCUT2D eigenvalue weighted by molar-refractivity contribution is 6.04. The number of piperidine rings is 2. The molecule has 6 nitrogen and oxygen atoms in total. The highest BCUT2D eigenvalue weighted by Gasteiger charge is 2.42. The second kappa shape index (κ2) is 8.00. The lowest BCUT2D eigenvalue weighted by Gasteiger charge is -2.44. The van der Waals surface area contributed by atoms with Crippen molar-refractivity contribution in [1.82, 2.24) is 4.57 Å². The number of amides is 1. The Balaban J connectivity index is 1.42. The fourth-order valence-corrected chi connectivity index (χ4v) is 5.91. The maximum atomic E-state index is 12.8. The van der Waals surface area contributed by atoms with Gasteiger partial charge < -0.3 is 19.7 Å². The van der Waals surface area contributed by atoms with Gasteiger partial charge in [-0.1, -0.05) is 18.2 Å². The van der Waals surface area contributed by atoms with Crippen molar-refractivity contribution in [3.63, 3.8) is 0 Å². The van der Waals surface area contributed by atoms with Gasteiger partial charge in [-0.25, -0.2) is 0 Å². The standard InChI is InChI=1S/C24H30N4O2/c1-26-11-9-20(10-12-26)27-14-17-13-19(16-27)23-21(7-8-22(29)28(23)15-17)25-24(30)18-5-3-2-4-6-18/h2-8,17,19-20H,9-16H2,1H3,(H,25,30)/p+2/t17-,19+/m0/s1. The van der Waals surface area contributed by atoms with Gasteiger partial charge in [0.25, 0.3) is 11.5 Å². The molecule has 1 amide bonds. The van der Waals surface area contributed by atoms with Crippen molar-refractivity contribution < 1.29 is 14.6 Å². The van der Waals surface area contributed by atoms with Crippen molar-refractivity contribution in [3.8, 4) is 0 Å². The molecule has 3 aliphatic heterocycles. The van der Waals surface area contributed by atoms with Gasteiger partial charge in [0, 0.05) is 36.9 Å². The van der Waals surface area contributed by atoms with Gasteiger partial charge in [0.15, 0.2) is 0 Å². The van der Waals surface area contributed by atoms with Crippen LogP contribution < -0.4 is 20.7 Å². The van der Waals surface area contributed by atoms with Crippen LogP contribution in [0.1, 0.15) is 41.2 Å². The minimum atomic E-state index is -0.113. The zero-order chi connectivity index (χ0) is 20.7. The molecule has 4 heterocycles. The van der Waals surface area contributed by atoms with E-state index in [1.807, 2.05) is 41.0 Å². The molecule has 3 atom stereocenters. The van der Waals surface area contributed by atoms with E-state index in [4.69, 9.17) is 0 Å². The molecule has 3 N–H and O–H groups in total. The minimum absolute atomic E-state index is 0.0590. The first-order valence-corrected chi connectivity index (χ1v) is 11.3. The highest BCUT2D eigenvalue weighted by Crippen LogP contribution is 2.35. The molecule has 0 radical (unpaired) electrons. The van der Waals surface area contributed by atoms with Gasteiger partial charge in [-0.3, -0.25) is 9.59 Å². The molecule has 5 rings (SSSR count). The average Bonchev–Trinajstić information content (AvgIpc) is 2.76. The molecule has 2 aromatic rings. The third-order valence-corrected chi connectivity index (χ3v) is 7.43. The van der Waals surface area contributed by atoms with Gasteiger partial charge in [-0.2, -0.15) is 0 Å². The molecule has 30 heavy (non-hydrogen) atoms. The smallest absolute Gasteiger partial charge is 0.255 e. The van der Waals surface area contributed by atoms with E-state index in [0.29, 0.717) is 17.4 Å². The van der Waals surface area contributed by atoms with Gasteiger partial charge in [0.05, 0.1) is 56.6 Å². The van der Waals surface area contributed by atoms with E-state index in [1.54, 1.807) is 15.9 Å². The average molecular weight is 409 g/mol. The van der Waals surface area contributed by atoms with E-state index < -0.39 is 0 Å². The number of benzene rings is 1. The molecule has 6 heteroatoms. The van der Waals surface area contributed by atoms with Crippen LogP contribution in [0.5, 0.6) is 0 Å². The van der Waals surface area contributed by atoms with E-state index >= 15 is 0 Å². The summed E-state index contributed by atoms with van der Waals surface area (Å²) in [4.78, 5) is 28.8. The largest absolute Gasteiger partial charge is 0.337 e. The lowest BCUT2D eigenvalue weighted by Crippen LogP contribution is -3.21. The molecule has 2 bridgehead atoms. The fourth-order valence-electron chi connectivity index (χ4n) is 5.91. The van der Waals surface area contributed by atoms with Crippen LogP contribution in [0.3, 0.4) is 0 Å². The number of fused-ring (bicyclic) bond motifs is 4. The highest BCUT2D eigenvalue weighted by atomic mass is 16.1. The van der Waals surface area contributed by atoms with Gasteiger partial charge in [0.2, 0.25) is 0 Å². The molecule has 2 fully saturated rings. The first-order valence-electron chi connectivity index (χ1n) is 11.3. The Bertz CT molecular complexity index is 978. The maximum absolute atomic E-state index is 12.8. The number of hydrogen-bond acceptors (Lipinski definition) is 2. The molecular weight excluding hydrogens is 376 g/mol. The van der Waals surface area contributed by atoms with Crippen molar-refractivity contribution >= 4 is 11.6 Å². The van der Waals surface area contributed by atoms with Crippen LogP contribution in [0.25, 0.3) is 0 Å². The number of rotatable bonds is 3. The quantitative estimate of drug-likeness (QED) is 0.658. The van der Waals surface area contributed by atoms with E-state index in [9.17, 15) is 9.59 Å². The van der Waals surface area contributed by atoms with Gasteiger partial charge in [-0.15, -0.1) is 0 Å². The number of pyridine rings is 1. The van der Waals surface area contributed by atoms with E-state index in [0.717, 1.165) is 36.9 Å². The summed E-state index contributed by atoms with van der Waals surface area (Å²) in [6.45, 7) is 5.54. The predicted molar refractivity (Wildman–Crippen MR) is 116 cm³/mol. The summed E-state index contributed by atoms with van der Waals surface area (Å²) in [5.41, 5.74) is 2.55. The molecule has 1 aromatic carbocycles. The second-order valence-corrected chi connectivity index (χ2v) is 9.50. The van der Waals surface area contributed by atoms with Gasteiger partial charge >= 0.3 is 0 Å². The Morgan fingerprint density at radius 1 is 1.07 bits per heavy atom. The topological polar surface area (TPSA) is 60.0 Å². The molecule has 3 aliphatic rings. The SMILES string of the molecule is C[NH+]1CCC([NH+]2C[C@@H]3C[C@H](C2)c2c(NC(=O)c4ccccc4)ccc(=O)n2C3)CC1. The number of quaternary nitrogens is 2. The number of carbonyl (C=O) groups is 1. The van der Waals surface area contributed by atoms with Crippen molar-refractivity contribution in [2.24, 2.45) is 5.92 Å². The Kier molecular flexibility index (Phi) is 5.21. The lowest BCUT2D eigenvalue weighted by molar-refractivity contribution is -0.959. The maximum Gasteiger partial charge on any atom is 0.255 e. The Labute approximate surface area is 177 Å². The third kappa shape index (κ3) is 3.70. The third-order valence-electron chi connectivity index (χ3n) is 7.43. The first kappa shape index (κ1) is 19.5. The number of aromatic nitrogens is 1. The number of nitrogens with one attached hydrogen (secondary N) is 3. The van der Waals surface area contributed by atoms with Crippen LogP contribution >= 0.6 is 0 Å². The Hall–Kier alpha value is -2.44. The summed E-state index contributed by atoms with van der Waals surface area (Å²) in [6, 6.07) is 13.4. The van der Waals surface area contributed by atoms with Crippen LogP contribution in [0.2, 0.25) is 0 Å².